The van der Waals surface area contributed by atoms with E-state index in [1.165, 1.54) is 0 Å². The molecule has 0 bridgehead atoms. The lowest BCUT2D eigenvalue weighted by atomic mass is 10.2. The number of anilines is 2. The Bertz CT molecular complexity index is 403. The van der Waals surface area contributed by atoms with Crippen LogP contribution in [0.4, 0.5) is 11.4 Å². The second kappa shape index (κ2) is 6.86. The Morgan fingerprint density at radius 2 is 2.17 bits per heavy atom. The quantitative estimate of drug-likeness (QED) is 0.760. The number of ether oxygens (including phenoxy) is 2. The molecular weight excluding hydrogens is 232 g/mol. The summed E-state index contributed by atoms with van der Waals surface area (Å²) < 4.78 is 10.2. The van der Waals surface area contributed by atoms with Crippen molar-refractivity contribution in [1.29, 1.82) is 0 Å². The molecule has 0 aliphatic rings. The number of rotatable bonds is 6. The molecule has 0 aromatic heterocycles. The largest absolute Gasteiger partial charge is 0.495 e. The van der Waals surface area contributed by atoms with Gasteiger partial charge in [0.1, 0.15) is 5.75 Å². The molecule has 0 aliphatic carbocycles. The average molecular weight is 252 g/mol. The van der Waals surface area contributed by atoms with Crippen LogP contribution in [0.2, 0.25) is 0 Å². The molecule has 100 valence electrons. The minimum atomic E-state index is -0.0896. The summed E-state index contributed by atoms with van der Waals surface area (Å²) in [5.41, 5.74) is 6.91. The van der Waals surface area contributed by atoms with Gasteiger partial charge in [-0.25, -0.2) is 0 Å². The molecule has 1 atom stereocenters. The second-order valence-corrected chi connectivity index (χ2v) is 3.97. The van der Waals surface area contributed by atoms with Crippen LogP contribution in [-0.2, 0) is 9.53 Å². The van der Waals surface area contributed by atoms with E-state index < -0.39 is 0 Å². The van der Waals surface area contributed by atoms with Crippen LogP contribution in [0.5, 0.6) is 5.75 Å². The monoisotopic (exact) mass is 252 g/mol. The van der Waals surface area contributed by atoms with Crippen molar-refractivity contribution in [3.8, 4) is 5.75 Å². The molecule has 0 radical (unpaired) electrons. The van der Waals surface area contributed by atoms with Crippen molar-refractivity contribution >= 4 is 17.3 Å². The van der Waals surface area contributed by atoms with Crippen LogP contribution in [0.1, 0.15) is 19.8 Å². The van der Waals surface area contributed by atoms with Crippen LogP contribution >= 0.6 is 0 Å². The first-order valence-electron chi connectivity index (χ1n) is 5.86. The van der Waals surface area contributed by atoms with Crippen molar-refractivity contribution in [1.82, 2.24) is 0 Å². The van der Waals surface area contributed by atoms with Crippen LogP contribution < -0.4 is 15.8 Å². The van der Waals surface area contributed by atoms with Crippen molar-refractivity contribution in [2.24, 2.45) is 0 Å². The third-order valence-corrected chi connectivity index (χ3v) is 2.72. The van der Waals surface area contributed by atoms with Crippen molar-refractivity contribution in [3.05, 3.63) is 18.2 Å². The number of hydrogen-bond acceptors (Lipinski definition) is 4. The molecule has 0 heterocycles. The molecule has 1 aromatic carbocycles. The van der Waals surface area contributed by atoms with E-state index in [0.29, 0.717) is 23.5 Å². The Kier molecular flexibility index (Phi) is 5.45. The SMILES string of the molecule is CCC(CC(=O)Nc1ccc(OC)c(N)c1)OC. The summed E-state index contributed by atoms with van der Waals surface area (Å²) >= 11 is 0. The zero-order valence-corrected chi connectivity index (χ0v) is 11.0. The minimum absolute atomic E-state index is 0.0550. The summed E-state index contributed by atoms with van der Waals surface area (Å²) in [6.45, 7) is 1.98. The molecule has 0 saturated carbocycles. The van der Waals surface area contributed by atoms with Crippen LogP contribution in [-0.4, -0.2) is 26.2 Å². The maximum Gasteiger partial charge on any atom is 0.226 e. The Hall–Kier alpha value is -1.75. The van der Waals surface area contributed by atoms with Gasteiger partial charge in [0.2, 0.25) is 5.91 Å². The zero-order valence-electron chi connectivity index (χ0n) is 11.0. The van der Waals surface area contributed by atoms with Crippen molar-refractivity contribution in [2.45, 2.75) is 25.9 Å². The van der Waals surface area contributed by atoms with Crippen molar-refractivity contribution < 1.29 is 14.3 Å². The molecule has 5 nitrogen and oxygen atoms in total. The topological polar surface area (TPSA) is 73.6 Å². The number of benzene rings is 1. The van der Waals surface area contributed by atoms with Crippen LogP contribution in [0.15, 0.2) is 18.2 Å². The third-order valence-electron chi connectivity index (χ3n) is 2.72. The highest BCUT2D eigenvalue weighted by Crippen LogP contribution is 2.24. The van der Waals surface area contributed by atoms with Gasteiger partial charge in [-0.05, 0) is 24.6 Å². The number of amides is 1. The highest BCUT2D eigenvalue weighted by atomic mass is 16.5. The lowest BCUT2D eigenvalue weighted by Gasteiger charge is -2.13. The van der Waals surface area contributed by atoms with E-state index in [0.717, 1.165) is 6.42 Å². The number of carbonyl (C=O) groups excluding carboxylic acids is 1. The Balaban J connectivity index is 2.62. The first kappa shape index (κ1) is 14.3. The molecule has 18 heavy (non-hydrogen) atoms. The Morgan fingerprint density at radius 3 is 2.67 bits per heavy atom. The first-order chi connectivity index (χ1) is 8.60. The van der Waals surface area contributed by atoms with E-state index in [4.69, 9.17) is 15.2 Å². The molecule has 1 amide bonds. The summed E-state index contributed by atoms with van der Waals surface area (Å²) in [4.78, 5) is 11.7. The fraction of sp³-hybridized carbons (Fsp3) is 0.462. The Morgan fingerprint density at radius 1 is 1.44 bits per heavy atom. The molecule has 0 fully saturated rings. The fourth-order valence-electron chi connectivity index (χ4n) is 1.63. The predicted molar refractivity (Wildman–Crippen MR) is 71.7 cm³/mol. The summed E-state index contributed by atoms with van der Waals surface area (Å²) in [5, 5.41) is 2.78. The van der Waals surface area contributed by atoms with E-state index >= 15 is 0 Å². The molecule has 5 heteroatoms. The van der Waals surface area contributed by atoms with E-state index in [-0.39, 0.29) is 12.0 Å². The standard InChI is InChI=1S/C13H20N2O3/c1-4-10(17-2)8-13(16)15-9-5-6-12(18-3)11(14)7-9/h5-7,10H,4,8,14H2,1-3H3,(H,15,16). The number of nitrogens with two attached hydrogens (primary N) is 1. The molecule has 0 aliphatic heterocycles. The lowest BCUT2D eigenvalue weighted by Crippen LogP contribution is -2.20. The van der Waals surface area contributed by atoms with E-state index in [1.54, 1.807) is 32.4 Å². The van der Waals surface area contributed by atoms with Gasteiger partial charge in [-0.3, -0.25) is 4.79 Å². The van der Waals surface area contributed by atoms with Gasteiger partial charge >= 0.3 is 0 Å². The number of methoxy groups -OCH3 is 2. The second-order valence-electron chi connectivity index (χ2n) is 3.97. The normalized spacial score (nSPS) is 11.9. The summed E-state index contributed by atoms with van der Waals surface area (Å²) in [6, 6.07) is 5.14. The Labute approximate surface area is 107 Å². The summed E-state index contributed by atoms with van der Waals surface area (Å²) in [7, 11) is 3.15. The van der Waals surface area contributed by atoms with Crippen molar-refractivity contribution in [3.63, 3.8) is 0 Å². The molecule has 1 rings (SSSR count). The van der Waals surface area contributed by atoms with Gasteiger partial charge in [0.05, 0.1) is 25.3 Å². The van der Waals surface area contributed by atoms with E-state index in [2.05, 4.69) is 5.32 Å². The lowest BCUT2D eigenvalue weighted by molar-refractivity contribution is -0.118. The first-order valence-corrected chi connectivity index (χ1v) is 5.86. The highest BCUT2D eigenvalue weighted by molar-refractivity contribution is 5.91. The molecule has 1 unspecified atom stereocenters. The van der Waals surface area contributed by atoms with E-state index in [9.17, 15) is 4.79 Å². The van der Waals surface area contributed by atoms with Gasteiger partial charge in [-0.1, -0.05) is 6.92 Å². The predicted octanol–water partition coefficient (Wildman–Crippen LogP) is 2.03. The van der Waals surface area contributed by atoms with E-state index in [1.807, 2.05) is 6.92 Å². The maximum absolute atomic E-state index is 11.7. The zero-order chi connectivity index (χ0) is 13.5. The molecule has 0 saturated heterocycles. The third kappa shape index (κ3) is 3.92. The van der Waals surface area contributed by atoms with Crippen LogP contribution in [0, 0.1) is 0 Å². The number of nitrogens with one attached hydrogen (secondary N) is 1. The number of carbonyl (C=O) groups is 1. The fourth-order valence-corrected chi connectivity index (χ4v) is 1.63. The maximum atomic E-state index is 11.7. The molecule has 0 spiro atoms. The smallest absolute Gasteiger partial charge is 0.226 e. The van der Waals surface area contributed by atoms with Crippen LogP contribution in [0.3, 0.4) is 0 Å². The van der Waals surface area contributed by atoms with Crippen LogP contribution in [0.25, 0.3) is 0 Å². The average Bonchev–Trinajstić information content (AvgIpc) is 2.36. The number of hydrogen-bond donors (Lipinski definition) is 2. The number of nitrogen functional groups attached to an aromatic ring is 1. The highest BCUT2D eigenvalue weighted by Gasteiger charge is 2.11. The van der Waals surface area contributed by atoms with Gasteiger partial charge < -0.3 is 20.5 Å². The van der Waals surface area contributed by atoms with Gasteiger partial charge in [-0.15, -0.1) is 0 Å². The van der Waals surface area contributed by atoms with Crippen molar-refractivity contribution in [2.75, 3.05) is 25.3 Å². The summed E-state index contributed by atoms with van der Waals surface area (Å²) in [5.74, 6) is 0.504. The molecular formula is C13H20N2O3. The summed E-state index contributed by atoms with van der Waals surface area (Å²) in [6.07, 6.45) is 1.08. The molecule has 3 N–H and O–H groups in total. The van der Waals surface area contributed by atoms with Gasteiger partial charge in [0.15, 0.2) is 0 Å². The minimum Gasteiger partial charge on any atom is -0.495 e. The van der Waals surface area contributed by atoms with Gasteiger partial charge in [0, 0.05) is 12.8 Å². The van der Waals surface area contributed by atoms with Gasteiger partial charge in [-0.2, -0.15) is 0 Å². The molecule has 1 aromatic rings. The van der Waals surface area contributed by atoms with Gasteiger partial charge in [0.25, 0.3) is 0 Å².